The fourth-order valence-corrected chi connectivity index (χ4v) is 2.13. The van der Waals surface area contributed by atoms with Crippen LogP contribution in [0.1, 0.15) is 18.3 Å². The zero-order valence-electron chi connectivity index (χ0n) is 14.5. The summed E-state index contributed by atoms with van der Waals surface area (Å²) in [6, 6.07) is 5.70. The Morgan fingerprint density at radius 3 is 2.71 bits per heavy atom. The Hall–Kier alpha value is -2.77. The van der Waals surface area contributed by atoms with Gasteiger partial charge in [-0.2, -0.15) is 5.10 Å². The molecule has 0 atom stereocenters. The molecule has 1 aromatic heterocycles. The highest BCUT2D eigenvalue weighted by atomic mass is 16.5. The fraction of sp³-hybridized carbons (Fsp3) is 0.438. The third-order valence-electron chi connectivity index (χ3n) is 3.47. The number of guanidine groups is 1. The maximum absolute atomic E-state index is 5.40. The van der Waals surface area contributed by atoms with Gasteiger partial charge in [-0.15, -0.1) is 0 Å². The van der Waals surface area contributed by atoms with Crippen molar-refractivity contribution in [1.82, 2.24) is 25.4 Å². The van der Waals surface area contributed by atoms with Crippen molar-refractivity contribution in [3.63, 3.8) is 0 Å². The maximum atomic E-state index is 5.40. The standard InChI is InChI=1S/C16H24N6O2/c1-5-17-16(19-10-15-20-11-21-22(15)2)18-9-12-6-7-13(23-3)8-14(12)24-4/h6-8,11H,5,9-10H2,1-4H3,(H2,17,18,19). The monoisotopic (exact) mass is 332 g/mol. The van der Waals surface area contributed by atoms with E-state index < -0.39 is 0 Å². The van der Waals surface area contributed by atoms with Crippen LogP contribution in [0.5, 0.6) is 11.5 Å². The van der Waals surface area contributed by atoms with Crippen molar-refractivity contribution in [2.24, 2.45) is 12.0 Å². The molecule has 0 saturated carbocycles. The van der Waals surface area contributed by atoms with Gasteiger partial charge in [-0.25, -0.2) is 9.98 Å². The number of aromatic nitrogens is 3. The first-order valence-electron chi connectivity index (χ1n) is 7.73. The van der Waals surface area contributed by atoms with Gasteiger partial charge >= 0.3 is 0 Å². The summed E-state index contributed by atoms with van der Waals surface area (Å²) in [5.41, 5.74) is 0.981. The van der Waals surface area contributed by atoms with Crippen molar-refractivity contribution >= 4 is 5.96 Å². The maximum Gasteiger partial charge on any atom is 0.191 e. The minimum atomic E-state index is 0.487. The van der Waals surface area contributed by atoms with E-state index in [9.17, 15) is 0 Å². The van der Waals surface area contributed by atoms with Gasteiger partial charge in [0.15, 0.2) is 5.96 Å². The summed E-state index contributed by atoms with van der Waals surface area (Å²) < 4.78 is 12.3. The number of nitrogens with one attached hydrogen (secondary N) is 2. The zero-order valence-corrected chi connectivity index (χ0v) is 14.5. The third kappa shape index (κ3) is 4.61. The van der Waals surface area contributed by atoms with Gasteiger partial charge in [0.05, 0.1) is 27.3 Å². The number of benzene rings is 1. The first kappa shape index (κ1) is 17.6. The van der Waals surface area contributed by atoms with E-state index >= 15 is 0 Å². The van der Waals surface area contributed by atoms with Gasteiger partial charge in [-0.3, -0.25) is 4.68 Å². The number of ether oxygens (including phenoxy) is 2. The molecule has 8 nitrogen and oxygen atoms in total. The summed E-state index contributed by atoms with van der Waals surface area (Å²) in [5.74, 6) is 3.05. The summed E-state index contributed by atoms with van der Waals surface area (Å²) in [5, 5.41) is 10.5. The number of rotatable bonds is 7. The minimum absolute atomic E-state index is 0.487. The molecule has 0 aliphatic heterocycles. The molecule has 2 N–H and O–H groups in total. The summed E-state index contributed by atoms with van der Waals surface area (Å²) in [6.07, 6.45) is 1.53. The van der Waals surface area contributed by atoms with Crippen LogP contribution in [0.3, 0.4) is 0 Å². The first-order valence-corrected chi connectivity index (χ1v) is 7.73. The van der Waals surface area contributed by atoms with Crippen LogP contribution in [-0.2, 0) is 20.1 Å². The largest absolute Gasteiger partial charge is 0.497 e. The van der Waals surface area contributed by atoms with E-state index in [4.69, 9.17) is 9.47 Å². The van der Waals surface area contributed by atoms with Crippen LogP contribution >= 0.6 is 0 Å². The van der Waals surface area contributed by atoms with E-state index in [1.54, 1.807) is 18.9 Å². The molecular formula is C16H24N6O2. The molecule has 0 aliphatic carbocycles. The number of methoxy groups -OCH3 is 2. The molecule has 0 spiro atoms. The van der Waals surface area contributed by atoms with E-state index in [-0.39, 0.29) is 0 Å². The molecule has 0 aliphatic rings. The zero-order chi connectivity index (χ0) is 17.4. The van der Waals surface area contributed by atoms with E-state index in [2.05, 4.69) is 25.7 Å². The number of nitrogens with zero attached hydrogens (tertiary/aromatic N) is 4. The molecule has 1 heterocycles. The molecule has 1 aromatic carbocycles. The van der Waals surface area contributed by atoms with Crippen LogP contribution in [0.25, 0.3) is 0 Å². The van der Waals surface area contributed by atoms with E-state index in [1.807, 2.05) is 32.2 Å². The van der Waals surface area contributed by atoms with Crippen molar-refractivity contribution in [2.45, 2.75) is 20.0 Å². The number of aryl methyl sites for hydroxylation is 1. The smallest absolute Gasteiger partial charge is 0.191 e. The van der Waals surface area contributed by atoms with Crippen LogP contribution in [0.15, 0.2) is 29.5 Å². The fourth-order valence-electron chi connectivity index (χ4n) is 2.13. The van der Waals surface area contributed by atoms with Gasteiger partial charge in [0.25, 0.3) is 0 Å². The van der Waals surface area contributed by atoms with Crippen molar-refractivity contribution in [1.29, 1.82) is 0 Å². The lowest BCUT2D eigenvalue weighted by molar-refractivity contribution is 0.391. The lowest BCUT2D eigenvalue weighted by atomic mass is 10.2. The highest BCUT2D eigenvalue weighted by Gasteiger charge is 2.06. The Morgan fingerprint density at radius 2 is 2.08 bits per heavy atom. The third-order valence-corrected chi connectivity index (χ3v) is 3.47. The molecule has 2 aromatic rings. The molecule has 8 heteroatoms. The second-order valence-electron chi connectivity index (χ2n) is 5.03. The SMILES string of the molecule is CCNC(=NCc1ccc(OC)cc1OC)NCc1ncnn1C. The second kappa shape index (κ2) is 8.76. The number of hydrogen-bond donors (Lipinski definition) is 2. The highest BCUT2D eigenvalue weighted by molar-refractivity contribution is 5.79. The predicted octanol–water partition coefficient (Wildman–Crippen LogP) is 1.09. The molecule has 24 heavy (non-hydrogen) atoms. The quantitative estimate of drug-likeness (QED) is 0.583. The second-order valence-corrected chi connectivity index (χ2v) is 5.03. The summed E-state index contributed by atoms with van der Waals surface area (Å²) >= 11 is 0. The van der Waals surface area contributed by atoms with Crippen LogP contribution < -0.4 is 20.1 Å². The van der Waals surface area contributed by atoms with E-state index in [0.29, 0.717) is 19.0 Å². The molecule has 0 radical (unpaired) electrons. The van der Waals surface area contributed by atoms with Gasteiger partial charge in [0.1, 0.15) is 23.7 Å². The molecule has 2 rings (SSSR count). The van der Waals surface area contributed by atoms with Crippen LogP contribution in [0, 0.1) is 0 Å². The van der Waals surface area contributed by atoms with E-state index in [1.165, 1.54) is 6.33 Å². The molecular weight excluding hydrogens is 308 g/mol. The summed E-state index contributed by atoms with van der Waals surface area (Å²) in [6.45, 7) is 3.82. The lowest BCUT2D eigenvalue weighted by Crippen LogP contribution is -2.37. The van der Waals surface area contributed by atoms with Crippen molar-refractivity contribution in [3.05, 3.63) is 35.9 Å². The van der Waals surface area contributed by atoms with Crippen LogP contribution in [0.2, 0.25) is 0 Å². The van der Waals surface area contributed by atoms with Crippen molar-refractivity contribution < 1.29 is 9.47 Å². The molecule has 0 unspecified atom stereocenters. The Kier molecular flexibility index (Phi) is 6.41. The van der Waals surface area contributed by atoms with Gasteiger partial charge in [0, 0.05) is 25.2 Å². The Morgan fingerprint density at radius 1 is 1.25 bits per heavy atom. The van der Waals surface area contributed by atoms with Gasteiger partial charge in [-0.05, 0) is 19.1 Å². The Labute approximate surface area is 141 Å². The molecule has 0 bridgehead atoms. The molecule has 0 fully saturated rings. The molecule has 0 saturated heterocycles. The van der Waals surface area contributed by atoms with Crippen LogP contribution in [0.4, 0.5) is 0 Å². The Balaban J connectivity index is 2.06. The van der Waals surface area contributed by atoms with Crippen LogP contribution in [-0.4, -0.2) is 41.5 Å². The molecule has 130 valence electrons. The lowest BCUT2D eigenvalue weighted by Gasteiger charge is -2.12. The average Bonchev–Trinajstić information content (AvgIpc) is 3.02. The van der Waals surface area contributed by atoms with Crippen molar-refractivity contribution in [2.75, 3.05) is 20.8 Å². The minimum Gasteiger partial charge on any atom is -0.497 e. The first-order chi connectivity index (χ1) is 11.7. The van der Waals surface area contributed by atoms with Gasteiger partial charge in [-0.1, -0.05) is 0 Å². The van der Waals surface area contributed by atoms with Gasteiger partial charge in [0.2, 0.25) is 0 Å². The number of hydrogen-bond acceptors (Lipinski definition) is 5. The summed E-state index contributed by atoms with van der Waals surface area (Å²) in [7, 11) is 5.13. The van der Waals surface area contributed by atoms with Gasteiger partial charge < -0.3 is 20.1 Å². The highest BCUT2D eigenvalue weighted by Crippen LogP contribution is 2.25. The normalized spacial score (nSPS) is 11.2. The Bertz CT molecular complexity index is 683. The molecule has 0 amide bonds. The average molecular weight is 332 g/mol. The van der Waals surface area contributed by atoms with Crippen molar-refractivity contribution in [3.8, 4) is 11.5 Å². The van der Waals surface area contributed by atoms with E-state index in [0.717, 1.165) is 29.4 Å². The number of aliphatic imine (C=N–C) groups is 1. The predicted molar refractivity (Wildman–Crippen MR) is 92.2 cm³/mol. The topological polar surface area (TPSA) is 85.6 Å². The summed E-state index contributed by atoms with van der Waals surface area (Å²) in [4.78, 5) is 8.78.